The third-order valence-electron chi connectivity index (χ3n) is 3.48. The van der Waals surface area contributed by atoms with E-state index in [2.05, 4.69) is 48.2 Å². The van der Waals surface area contributed by atoms with Crippen LogP contribution in [0.2, 0.25) is 0 Å². The van der Waals surface area contributed by atoms with E-state index in [9.17, 15) is 0 Å². The van der Waals surface area contributed by atoms with Gasteiger partial charge in [-0.05, 0) is 53.0 Å². The van der Waals surface area contributed by atoms with Crippen LogP contribution in [0.4, 0.5) is 0 Å². The molecule has 0 amide bonds. The monoisotopic (exact) mass is 254 g/mol. The highest BCUT2D eigenvalue weighted by atomic mass is 15.2. The molecule has 0 radical (unpaired) electrons. The zero-order valence-corrected chi connectivity index (χ0v) is 12.5. The first-order valence-electron chi connectivity index (χ1n) is 7.43. The van der Waals surface area contributed by atoms with E-state index in [1.54, 1.807) is 0 Å². The van der Waals surface area contributed by atoms with Crippen LogP contribution >= 0.6 is 0 Å². The van der Waals surface area contributed by atoms with Crippen LogP contribution in [-0.2, 0) is 0 Å². The Morgan fingerprint density at radius 3 is 2.50 bits per heavy atom. The van der Waals surface area contributed by atoms with E-state index in [0.29, 0.717) is 12.0 Å². The molecule has 1 heterocycles. The van der Waals surface area contributed by atoms with Crippen molar-refractivity contribution in [2.24, 2.45) is 10.9 Å². The Bertz CT molecular complexity index is 242. The molecule has 18 heavy (non-hydrogen) atoms. The molecule has 0 aliphatic carbocycles. The van der Waals surface area contributed by atoms with Crippen molar-refractivity contribution < 1.29 is 0 Å². The zero-order chi connectivity index (χ0) is 13.4. The number of hydrogen-bond acceptors (Lipinski definition) is 2. The Labute approximate surface area is 112 Å². The third-order valence-corrected chi connectivity index (χ3v) is 3.48. The van der Waals surface area contributed by atoms with Gasteiger partial charge >= 0.3 is 0 Å². The summed E-state index contributed by atoms with van der Waals surface area (Å²) in [5.41, 5.74) is 0. The number of nitrogens with one attached hydrogen (secondary N) is 2. The molecule has 1 fully saturated rings. The summed E-state index contributed by atoms with van der Waals surface area (Å²) in [5, 5.41) is 6.56. The fraction of sp³-hybridized carbons (Fsp3) is 0.929. The van der Waals surface area contributed by atoms with Crippen LogP contribution in [0.1, 0.15) is 40.5 Å². The second kappa shape index (κ2) is 8.35. The van der Waals surface area contributed by atoms with E-state index >= 15 is 0 Å². The summed E-state index contributed by atoms with van der Waals surface area (Å²) in [4.78, 5) is 7.26. The van der Waals surface area contributed by atoms with Crippen molar-refractivity contribution >= 4 is 5.96 Å². The van der Waals surface area contributed by atoms with E-state index in [-0.39, 0.29) is 0 Å². The third kappa shape index (κ3) is 5.25. The average molecular weight is 254 g/mol. The second-order valence-corrected chi connectivity index (χ2v) is 5.35. The van der Waals surface area contributed by atoms with Gasteiger partial charge in [0, 0.05) is 32.2 Å². The van der Waals surface area contributed by atoms with Crippen LogP contribution in [0.3, 0.4) is 0 Å². The van der Waals surface area contributed by atoms with Gasteiger partial charge in [0.05, 0.1) is 0 Å². The summed E-state index contributed by atoms with van der Waals surface area (Å²) in [6.07, 6.45) is 2.63. The van der Waals surface area contributed by atoms with Gasteiger partial charge in [0.25, 0.3) is 0 Å². The smallest absolute Gasteiger partial charge is 0.191 e. The van der Waals surface area contributed by atoms with Crippen LogP contribution in [0.15, 0.2) is 4.99 Å². The van der Waals surface area contributed by atoms with Crippen LogP contribution in [0, 0.1) is 5.92 Å². The van der Waals surface area contributed by atoms with Crippen molar-refractivity contribution in [2.75, 3.05) is 32.7 Å². The van der Waals surface area contributed by atoms with Crippen molar-refractivity contribution in [2.45, 2.75) is 46.6 Å². The molecule has 0 aromatic carbocycles. The molecule has 4 nitrogen and oxygen atoms in total. The maximum Gasteiger partial charge on any atom is 0.191 e. The van der Waals surface area contributed by atoms with E-state index in [4.69, 9.17) is 0 Å². The molecule has 0 aromatic heterocycles. The maximum absolute atomic E-state index is 4.69. The first-order chi connectivity index (χ1) is 8.67. The van der Waals surface area contributed by atoms with Gasteiger partial charge in [-0.25, -0.2) is 0 Å². The summed E-state index contributed by atoms with van der Waals surface area (Å²) in [6.45, 7) is 14.0. The molecule has 4 heteroatoms. The topological polar surface area (TPSA) is 39.7 Å². The highest BCUT2D eigenvalue weighted by molar-refractivity contribution is 5.79. The predicted molar refractivity (Wildman–Crippen MR) is 79.1 cm³/mol. The van der Waals surface area contributed by atoms with Gasteiger partial charge in [0.15, 0.2) is 5.96 Å². The van der Waals surface area contributed by atoms with Crippen molar-refractivity contribution in [3.63, 3.8) is 0 Å². The van der Waals surface area contributed by atoms with Gasteiger partial charge in [-0.1, -0.05) is 0 Å². The Balaban J connectivity index is 2.42. The maximum atomic E-state index is 4.69. The predicted octanol–water partition coefficient (Wildman–Crippen LogP) is 1.68. The fourth-order valence-electron chi connectivity index (χ4n) is 2.44. The quantitative estimate of drug-likeness (QED) is 0.579. The van der Waals surface area contributed by atoms with Crippen molar-refractivity contribution in [1.82, 2.24) is 15.5 Å². The molecule has 1 atom stereocenters. The number of hydrogen-bond donors (Lipinski definition) is 2. The second-order valence-electron chi connectivity index (χ2n) is 5.35. The standard InChI is InChI=1S/C14H30N4/c1-5-15-14(16-6-2)17-10-13-8-7-9-18(11-13)12(3)4/h12-13H,5-11H2,1-4H3,(H2,15,16,17). The molecule has 1 aliphatic heterocycles. The first-order valence-corrected chi connectivity index (χ1v) is 7.43. The number of guanidine groups is 1. The molecule has 106 valence electrons. The Kier molecular flexibility index (Phi) is 7.09. The Hall–Kier alpha value is -0.770. The van der Waals surface area contributed by atoms with Gasteiger partial charge < -0.3 is 15.5 Å². The number of piperidine rings is 1. The van der Waals surface area contributed by atoms with Crippen LogP contribution in [0.5, 0.6) is 0 Å². The molecule has 0 aromatic rings. The molecule has 0 spiro atoms. The lowest BCUT2D eigenvalue weighted by molar-refractivity contribution is 0.143. The minimum absolute atomic E-state index is 0.666. The molecule has 1 rings (SSSR count). The Morgan fingerprint density at radius 1 is 1.28 bits per heavy atom. The highest BCUT2D eigenvalue weighted by Gasteiger charge is 2.21. The average Bonchev–Trinajstić information content (AvgIpc) is 2.37. The van der Waals surface area contributed by atoms with E-state index in [0.717, 1.165) is 25.6 Å². The normalized spacial score (nSPS) is 20.8. The van der Waals surface area contributed by atoms with Crippen molar-refractivity contribution in [3.8, 4) is 0 Å². The molecule has 1 aliphatic rings. The van der Waals surface area contributed by atoms with Gasteiger partial charge in [-0.15, -0.1) is 0 Å². The highest BCUT2D eigenvalue weighted by Crippen LogP contribution is 2.18. The van der Waals surface area contributed by atoms with Crippen LogP contribution in [0.25, 0.3) is 0 Å². The molecule has 0 saturated carbocycles. The molecule has 2 N–H and O–H groups in total. The van der Waals surface area contributed by atoms with Gasteiger partial charge in [-0.2, -0.15) is 0 Å². The van der Waals surface area contributed by atoms with Crippen LogP contribution < -0.4 is 10.6 Å². The van der Waals surface area contributed by atoms with E-state index in [1.165, 1.54) is 25.9 Å². The number of nitrogens with zero attached hydrogens (tertiary/aromatic N) is 2. The fourth-order valence-corrected chi connectivity index (χ4v) is 2.44. The largest absolute Gasteiger partial charge is 0.357 e. The first kappa shape index (κ1) is 15.3. The zero-order valence-electron chi connectivity index (χ0n) is 12.5. The molecular formula is C14H30N4. The molecular weight excluding hydrogens is 224 g/mol. The number of likely N-dealkylation sites (tertiary alicyclic amines) is 1. The molecule has 1 unspecified atom stereocenters. The molecule has 0 bridgehead atoms. The van der Waals surface area contributed by atoms with E-state index in [1.807, 2.05) is 0 Å². The summed E-state index contributed by atoms with van der Waals surface area (Å²) >= 11 is 0. The van der Waals surface area contributed by atoms with Gasteiger partial charge in [-0.3, -0.25) is 4.99 Å². The lowest BCUT2D eigenvalue weighted by Crippen LogP contribution is -2.42. The summed E-state index contributed by atoms with van der Waals surface area (Å²) in [6, 6.07) is 0.666. The number of rotatable bonds is 5. The number of aliphatic imine (C=N–C) groups is 1. The minimum atomic E-state index is 0.666. The lowest BCUT2D eigenvalue weighted by atomic mass is 9.97. The summed E-state index contributed by atoms with van der Waals surface area (Å²) in [7, 11) is 0. The lowest BCUT2D eigenvalue weighted by Gasteiger charge is -2.34. The molecule has 1 saturated heterocycles. The van der Waals surface area contributed by atoms with Crippen molar-refractivity contribution in [3.05, 3.63) is 0 Å². The van der Waals surface area contributed by atoms with Gasteiger partial charge in [0.2, 0.25) is 0 Å². The Morgan fingerprint density at radius 2 is 1.94 bits per heavy atom. The summed E-state index contributed by atoms with van der Waals surface area (Å²) in [5.74, 6) is 1.68. The van der Waals surface area contributed by atoms with Crippen LogP contribution in [-0.4, -0.2) is 49.6 Å². The van der Waals surface area contributed by atoms with E-state index < -0.39 is 0 Å². The van der Waals surface area contributed by atoms with Crippen molar-refractivity contribution in [1.29, 1.82) is 0 Å². The minimum Gasteiger partial charge on any atom is -0.357 e. The SMILES string of the molecule is CCNC(=NCC1CCCN(C(C)C)C1)NCC. The summed E-state index contributed by atoms with van der Waals surface area (Å²) < 4.78 is 0. The van der Waals surface area contributed by atoms with Gasteiger partial charge in [0.1, 0.15) is 0 Å².